The van der Waals surface area contributed by atoms with Crippen LogP contribution in [0.15, 0.2) is 24.3 Å². The summed E-state index contributed by atoms with van der Waals surface area (Å²) < 4.78 is 10.00. The maximum atomic E-state index is 12.2. The fourth-order valence-electron chi connectivity index (χ4n) is 2.87. The monoisotopic (exact) mass is 378 g/mol. The van der Waals surface area contributed by atoms with E-state index in [0.717, 1.165) is 0 Å². The molecule has 0 aromatic heterocycles. The molecule has 1 fully saturated rings. The van der Waals surface area contributed by atoms with Crippen LogP contribution in [0, 0.1) is 0 Å². The Morgan fingerprint density at radius 2 is 1.67 bits per heavy atom. The molecule has 1 amide bonds. The van der Waals surface area contributed by atoms with Gasteiger partial charge in [-0.2, -0.15) is 0 Å². The van der Waals surface area contributed by atoms with Crippen LogP contribution in [0.25, 0.3) is 0 Å². The van der Waals surface area contributed by atoms with E-state index < -0.39 is 29.2 Å². The zero-order chi connectivity index (χ0) is 20.2. The van der Waals surface area contributed by atoms with E-state index in [-0.39, 0.29) is 25.9 Å². The number of aliphatic carboxylic acids is 1. The maximum absolute atomic E-state index is 12.2. The highest BCUT2D eigenvalue weighted by atomic mass is 16.6. The SMILES string of the molecule is COC(=O)c1ccc(NC2(C(=O)O)CCN(C(=O)OC(C)(C)C)CC2)cc1. The van der Waals surface area contributed by atoms with Gasteiger partial charge in [-0.25, -0.2) is 14.4 Å². The van der Waals surface area contributed by atoms with Gasteiger partial charge in [0.15, 0.2) is 0 Å². The van der Waals surface area contributed by atoms with Gasteiger partial charge in [-0.3, -0.25) is 0 Å². The number of amides is 1. The number of nitrogens with one attached hydrogen (secondary N) is 1. The number of carbonyl (C=O) groups excluding carboxylic acids is 2. The predicted octanol–water partition coefficient (Wildman–Crippen LogP) is 2.74. The lowest BCUT2D eigenvalue weighted by molar-refractivity contribution is -0.144. The molecular weight excluding hydrogens is 352 g/mol. The summed E-state index contributed by atoms with van der Waals surface area (Å²) in [5.41, 5.74) is -0.827. The lowest BCUT2D eigenvalue weighted by Crippen LogP contribution is -2.55. The normalized spacial score (nSPS) is 16.4. The van der Waals surface area contributed by atoms with Gasteiger partial charge in [0.1, 0.15) is 11.1 Å². The Hall–Kier alpha value is -2.77. The fourth-order valence-corrected chi connectivity index (χ4v) is 2.87. The van der Waals surface area contributed by atoms with E-state index in [4.69, 9.17) is 4.74 Å². The molecule has 8 heteroatoms. The number of hydrogen-bond donors (Lipinski definition) is 2. The Morgan fingerprint density at radius 1 is 1.11 bits per heavy atom. The molecule has 148 valence electrons. The van der Waals surface area contributed by atoms with Crippen LogP contribution in [0.3, 0.4) is 0 Å². The molecule has 0 spiro atoms. The van der Waals surface area contributed by atoms with Gasteiger partial charge in [0.2, 0.25) is 0 Å². The fraction of sp³-hybridized carbons (Fsp3) is 0.526. The molecule has 0 aliphatic carbocycles. The number of piperidine rings is 1. The largest absolute Gasteiger partial charge is 0.480 e. The molecule has 0 bridgehead atoms. The van der Waals surface area contributed by atoms with Crippen molar-refractivity contribution in [2.75, 3.05) is 25.5 Å². The third kappa shape index (κ3) is 5.12. The Kier molecular flexibility index (Phi) is 5.98. The highest BCUT2D eigenvalue weighted by molar-refractivity contribution is 5.90. The van der Waals surface area contributed by atoms with E-state index in [1.54, 1.807) is 45.0 Å². The quantitative estimate of drug-likeness (QED) is 0.776. The molecule has 27 heavy (non-hydrogen) atoms. The van der Waals surface area contributed by atoms with Crippen molar-refractivity contribution in [2.24, 2.45) is 0 Å². The van der Waals surface area contributed by atoms with Crippen molar-refractivity contribution in [3.8, 4) is 0 Å². The standard InChI is InChI=1S/C19H26N2O6/c1-18(2,3)27-17(25)21-11-9-19(10-12-21,16(23)24)20-14-7-5-13(6-8-14)15(22)26-4/h5-8,20H,9-12H2,1-4H3,(H,23,24). The predicted molar refractivity (Wildman–Crippen MR) is 98.8 cm³/mol. The summed E-state index contributed by atoms with van der Waals surface area (Å²) in [7, 11) is 1.30. The van der Waals surface area contributed by atoms with E-state index in [1.165, 1.54) is 12.0 Å². The van der Waals surface area contributed by atoms with Crippen molar-refractivity contribution in [3.63, 3.8) is 0 Å². The molecule has 1 aliphatic rings. The Balaban J connectivity index is 2.06. The highest BCUT2D eigenvalue weighted by Crippen LogP contribution is 2.28. The third-order valence-corrected chi connectivity index (χ3v) is 4.37. The Morgan fingerprint density at radius 3 is 2.11 bits per heavy atom. The van der Waals surface area contributed by atoms with Crippen LogP contribution in [0.4, 0.5) is 10.5 Å². The van der Waals surface area contributed by atoms with Crippen molar-refractivity contribution >= 4 is 23.7 Å². The second kappa shape index (κ2) is 7.85. The van der Waals surface area contributed by atoms with Crippen molar-refractivity contribution < 1.29 is 29.0 Å². The number of methoxy groups -OCH3 is 1. The molecule has 1 aromatic rings. The average Bonchev–Trinajstić information content (AvgIpc) is 2.60. The number of carboxylic acid groups (broad SMARTS) is 1. The van der Waals surface area contributed by atoms with Gasteiger partial charge < -0.3 is 24.8 Å². The zero-order valence-corrected chi connectivity index (χ0v) is 16.1. The average molecular weight is 378 g/mol. The van der Waals surface area contributed by atoms with Crippen LogP contribution in [0.5, 0.6) is 0 Å². The van der Waals surface area contributed by atoms with Gasteiger partial charge in [-0.05, 0) is 57.9 Å². The van der Waals surface area contributed by atoms with Crippen LogP contribution in [0.2, 0.25) is 0 Å². The third-order valence-electron chi connectivity index (χ3n) is 4.37. The van der Waals surface area contributed by atoms with E-state index in [2.05, 4.69) is 10.1 Å². The number of carboxylic acids is 1. The number of esters is 1. The van der Waals surface area contributed by atoms with Gasteiger partial charge in [0, 0.05) is 18.8 Å². The minimum absolute atomic E-state index is 0.236. The Bertz CT molecular complexity index is 700. The number of likely N-dealkylation sites (tertiary alicyclic amines) is 1. The summed E-state index contributed by atoms with van der Waals surface area (Å²) in [5.74, 6) is -1.44. The van der Waals surface area contributed by atoms with E-state index in [0.29, 0.717) is 11.3 Å². The first kappa shape index (κ1) is 20.5. The van der Waals surface area contributed by atoms with E-state index in [9.17, 15) is 19.5 Å². The summed E-state index contributed by atoms with van der Waals surface area (Å²) in [4.78, 5) is 37.1. The molecule has 8 nitrogen and oxygen atoms in total. The molecule has 1 aliphatic heterocycles. The molecule has 1 saturated heterocycles. The lowest BCUT2D eigenvalue weighted by atomic mass is 9.87. The molecule has 1 aromatic carbocycles. The molecule has 2 rings (SSSR count). The molecule has 0 atom stereocenters. The van der Waals surface area contributed by atoms with Crippen molar-refractivity contribution in [1.29, 1.82) is 0 Å². The number of rotatable bonds is 4. The van der Waals surface area contributed by atoms with Crippen LogP contribution < -0.4 is 5.32 Å². The first-order valence-corrected chi connectivity index (χ1v) is 8.74. The minimum atomic E-state index is -1.19. The van der Waals surface area contributed by atoms with Crippen molar-refractivity contribution in [3.05, 3.63) is 29.8 Å². The first-order chi connectivity index (χ1) is 12.6. The molecule has 0 unspecified atom stereocenters. The van der Waals surface area contributed by atoms with Gasteiger partial charge in [0.05, 0.1) is 12.7 Å². The smallest absolute Gasteiger partial charge is 0.410 e. The number of ether oxygens (including phenoxy) is 2. The number of benzene rings is 1. The number of carbonyl (C=O) groups is 3. The second-order valence-electron chi connectivity index (χ2n) is 7.55. The van der Waals surface area contributed by atoms with Crippen LogP contribution >= 0.6 is 0 Å². The number of nitrogens with zero attached hydrogens (tertiary/aromatic N) is 1. The summed E-state index contributed by atoms with van der Waals surface area (Å²) in [6, 6.07) is 6.41. The molecule has 1 heterocycles. The zero-order valence-electron chi connectivity index (χ0n) is 16.1. The summed E-state index contributed by atoms with van der Waals surface area (Å²) in [6.07, 6.45) is 0.0321. The number of anilines is 1. The van der Waals surface area contributed by atoms with Gasteiger partial charge in [-0.15, -0.1) is 0 Å². The first-order valence-electron chi connectivity index (χ1n) is 8.74. The summed E-state index contributed by atoms with van der Waals surface area (Å²) >= 11 is 0. The van der Waals surface area contributed by atoms with Crippen LogP contribution in [0.1, 0.15) is 44.0 Å². The highest BCUT2D eigenvalue weighted by Gasteiger charge is 2.43. The summed E-state index contributed by atoms with van der Waals surface area (Å²) in [5, 5.41) is 12.8. The Labute approximate surface area is 158 Å². The van der Waals surface area contributed by atoms with Crippen LogP contribution in [-0.2, 0) is 14.3 Å². The second-order valence-corrected chi connectivity index (χ2v) is 7.55. The van der Waals surface area contributed by atoms with E-state index in [1.807, 2.05) is 0 Å². The van der Waals surface area contributed by atoms with Crippen LogP contribution in [-0.4, -0.2) is 59.4 Å². The van der Waals surface area contributed by atoms with Crippen molar-refractivity contribution in [2.45, 2.75) is 44.8 Å². The molecular formula is C19H26N2O6. The van der Waals surface area contributed by atoms with E-state index >= 15 is 0 Å². The minimum Gasteiger partial charge on any atom is -0.480 e. The lowest BCUT2D eigenvalue weighted by Gasteiger charge is -2.40. The van der Waals surface area contributed by atoms with Gasteiger partial charge >= 0.3 is 18.0 Å². The molecule has 0 saturated carbocycles. The maximum Gasteiger partial charge on any atom is 0.410 e. The topological polar surface area (TPSA) is 105 Å². The molecule has 0 radical (unpaired) electrons. The summed E-state index contributed by atoms with van der Waals surface area (Å²) in [6.45, 7) is 5.91. The molecule has 2 N–H and O–H groups in total. The van der Waals surface area contributed by atoms with Gasteiger partial charge in [0.25, 0.3) is 0 Å². The number of hydrogen-bond acceptors (Lipinski definition) is 6. The van der Waals surface area contributed by atoms with Gasteiger partial charge in [-0.1, -0.05) is 0 Å². The van der Waals surface area contributed by atoms with Crippen molar-refractivity contribution in [1.82, 2.24) is 4.90 Å².